The van der Waals surface area contributed by atoms with E-state index in [4.69, 9.17) is 14.6 Å². The number of alkyl carbamates (subject to hydrolysis) is 1. The number of carbonyl (C=O) groups excluding carboxylic acids is 3. The highest BCUT2D eigenvalue weighted by atomic mass is 16.5. The number of carboxylic acid groups (broad SMARTS) is 1. The summed E-state index contributed by atoms with van der Waals surface area (Å²) in [5.74, 6) is -2.72. The summed E-state index contributed by atoms with van der Waals surface area (Å²) in [4.78, 5) is 47.6. The molecule has 2 N–H and O–H groups in total. The highest BCUT2D eigenvalue weighted by Gasteiger charge is 2.25. The van der Waals surface area contributed by atoms with Crippen molar-refractivity contribution in [3.63, 3.8) is 0 Å². The summed E-state index contributed by atoms with van der Waals surface area (Å²) in [6.45, 7) is -0.827. The summed E-state index contributed by atoms with van der Waals surface area (Å²) < 4.78 is 11.7. The molecule has 3 rings (SSSR count). The maximum Gasteiger partial charge on any atom is 0.408 e. The van der Waals surface area contributed by atoms with Gasteiger partial charge in [-0.15, -0.1) is 0 Å². The summed E-state index contributed by atoms with van der Waals surface area (Å²) in [5, 5.41) is 12.2. The second kappa shape index (κ2) is 10.8. The van der Waals surface area contributed by atoms with Gasteiger partial charge < -0.3 is 24.5 Å². The van der Waals surface area contributed by atoms with E-state index >= 15 is 0 Å². The first-order valence-corrected chi connectivity index (χ1v) is 9.83. The first kappa shape index (κ1) is 22.5. The molecule has 0 fully saturated rings. The molecule has 1 atom stereocenters. The number of aliphatic carboxylic acids is 1. The van der Waals surface area contributed by atoms with Crippen molar-refractivity contribution in [3.8, 4) is 0 Å². The number of para-hydroxylation sites is 1. The number of ether oxygens (including phenoxy) is 2. The number of benzene rings is 2. The molecule has 2 aromatic carbocycles. The quantitative estimate of drug-likeness (QED) is 0.466. The lowest BCUT2D eigenvalue weighted by atomic mass is 10.1. The van der Waals surface area contributed by atoms with Crippen molar-refractivity contribution in [3.05, 3.63) is 72.4 Å². The number of fused-ring (bicyclic) bond motifs is 1. The van der Waals surface area contributed by atoms with Gasteiger partial charge in [0.1, 0.15) is 19.2 Å². The second-order valence-electron chi connectivity index (χ2n) is 6.99. The lowest BCUT2D eigenvalue weighted by Crippen LogP contribution is -2.44. The summed E-state index contributed by atoms with van der Waals surface area (Å²) >= 11 is 0. The van der Waals surface area contributed by atoms with Crippen molar-refractivity contribution in [2.45, 2.75) is 25.6 Å². The minimum absolute atomic E-state index is 0.0412. The Labute approximate surface area is 183 Å². The zero-order valence-corrected chi connectivity index (χ0v) is 17.1. The van der Waals surface area contributed by atoms with E-state index in [1.165, 1.54) is 0 Å². The van der Waals surface area contributed by atoms with Gasteiger partial charge in [-0.3, -0.25) is 14.4 Å². The fourth-order valence-electron chi connectivity index (χ4n) is 3.04. The molecule has 166 valence electrons. The normalized spacial score (nSPS) is 11.5. The maximum absolute atomic E-state index is 12.4. The van der Waals surface area contributed by atoms with Crippen LogP contribution in [0, 0.1) is 0 Å². The van der Waals surface area contributed by atoms with Crippen LogP contribution in [-0.2, 0) is 37.0 Å². The predicted molar refractivity (Wildman–Crippen MR) is 114 cm³/mol. The number of ketones is 1. The summed E-state index contributed by atoms with van der Waals surface area (Å²) in [6.07, 6.45) is 0.114. The molecular formula is C23H22N2O7. The molecule has 0 bridgehead atoms. The van der Waals surface area contributed by atoms with E-state index in [0.717, 1.165) is 16.5 Å². The Hall–Kier alpha value is -4.14. The van der Waals surface area contributed by atoms with Crippen LogP contribution < -0.4 is 5.32 Å². The molecular weight excluding hydrogens is 416 g/mol. The lowest BCUT2D eigenvalue weighted by Gasteiger charge is -2.16. The van der Waals surface area contributed by atoms with E-state index in [0.29, 0.717) is 0 Å². The van der Waals surface area contributed by atoms with Gasteiger partial charge in [0.05, 0.1) is 6.42 Å². The van der Waals surface area contributed by atoms with Crippen LogP contribution in [0.2, 0.25) is 0 Å². The molecule has 32 heavy (non-hydrogen) atoms. The number of esters is 1. The monoisotopic (exact) mass is 438 g/mol. The Balaban J connectivity index is 1.51. The standard InChI is InChI=1S/C23H22N2O7/c26-20(15-31-22(29)13-25-11-10-17-8-4-5-9-19(17)25)18(12-21(27)28)24-23(30)32-14-16-6-2-1-3-7-16/h1-11,18H,12-15H2,(H,24,30)(H,27,28). The van der Waals surface area contributed by atoms with Crippen molar-refractivity contribution in [2.24, 2.45) is 0 Å². The molecule has 1 amide bonds. The summed E-state index contributed by atoms with van der Waals surface area (Å²) in [6, 6.07) is 16.8. The van der Waals surface area contributed by atoms with Crippen LogP contribution in [0.4, 0.5) is 4.79 Å². The third kappa shape index (κ3) is 6.43. The lowest BCUT2D eigenvalue weighted by molar-refractivity contribution is -0.149. The highest BCUT2D eigenvalue weighted by Crippen LogP contribution is 2.15. The van der Waals surface area contributed by atoms with Crippen molar-refractivity contribution < 1.29 is 33.8 Å². The molecule has 0 aliphatic rings. The topological polar surface area (TPSA) is 124 Å². The number of Topliss-reactive ketones (excluding diaryl/α,β-unsaturated/α-hetero) is 1. The molecule has 3 aromatic rings. The number of nitrogens with one attached hydrogen (secondary N) is 1. The summed E-state index contributed by atoms with van der Waals surface area (Å²) in [7, 11) is 0. The van der Waals surface area contributed by atoms with Crippen molar-refractivity contribution in [1.29, 1.82) is 0 Å². The first-order chi connectivity index (χ1) is 15.4. The number of amides is 1. The summed E-state index contributed by atoms with van der Waals surface area (Å²) in [5.41, 5.74) is 1.57. The number of rotatable bonds is 10. The average molecular weight is 438 g/mol. The van der Waals surface area contributed by atoms with Crippen molar-refractivity contribution in [1.82, 2.24) is 9.88 Å². The van der Waals surface area contributed by atoms with Crippen LogP contribution in [0.15, 0.2) is 66.9 Å². The van der Waals surface area contributed by atoms with E-state index < -0.39 is 42.9 Å². The Morgan fingerprint density at radius 1 is 0.938 bits per heavy atom. The van der Waals surface area contributed by atoms with Gasteiger partial charge >= 0.3 is 18.0 Å². The van der Waals surface area contributed by atoms with Gasteiger partial charge in [-0.05, 0) is 23.1 Å². The van der Waals surface area contributed by atoms with Gasteiger partial charge in [-0.2, -0.15) is 0 Å². The zero-order valence-electron chi connectivity index (χ0n) is 17.1. The molecule has 1 aromatic heterocycles. The van der Waals surface area contributed by atoms with E-state index in [-0.39, 0.29) is 13.2 Å². The molecule has 0 aliphatic carbocycles. The minimum Gasteiger partial charge on any atom is -0.481 e. The van der Waals surface area contributed by atoms with Gasteiger partial charge in [0, 0.05) is 11.7 Å². The first-order valence-electron chi connectivity index (χ1n) is 9.83. The zero-order chi connectivity index (χ0) is 22.9. The van der Waals surface area contributed by atoms with Gasteiger partial charge in [-0.25, -0.2) is 4.79 Å². The fraction of sp³-hybridized carbons (Fsp3) is 0.217. The van der Waals surface area contributed by atoms with Crippen LogP contribution in [0.1, 0.15) is 12.0 Å². The van der Waals surface area contributed by atoms with Gasteiger partial charge in [0.25, 0.3) is 0 Å². The second-order valence-corrected chi connectivity index (χ2v) is 6.99. The molecule has 1 heterocycles. The molecule has 9 nitrogen and oxygen atoms in total. The SMILES string of the molecule is O=C(O)CC(NC(=O)OCc1ccccc1)C(=O)COC(=O)Cn1ccc2ccccc21. The average Bonchev–Trinajstić information content (AvgIpc) is 3.19. The maximum atomic E-state index is 12.4. The van der Waals surface area contributed by atoms with Crippen LogP contribution in [0.25, 0.3) is 10.9 Å². The number of aromatic nitrogens is 1. The Kier molecular flexibility index (Phi) is 7.58. The Bertz CT molecular complexity index is 1110. The fourth-order valence-corrected chi connectivity index (χ4v) is 3.04. The largest absolute Gasteiger partial charge is 0.481 e. The van der Waals surface area contributed by atoms with Gasteiger partial charge in [-0.1, -0.05) is 48.5 Å². The smallest absolute Gasteiger partial charge is 0.408 e. The number of carboxylic acids is 1. The van der Waals surface area contributed by atoms with E-state index in [2.05, 4.69) is 5.32 Å². The predicted octanol–water partition coefficient (Wildman–Crippen LogP) is 2.52. The van der Waals surface area contributed by atoms with Crippen molar-refractivity contribution in [2.75, 3.05) is 6.61 Å². The molecule has 0 saturated heterocycles. The van der Waals surface area contributed by atoms with E-state index in [1.807, 2.05) is 36.4 Å². The number of carbonyl (C=O) groups is 4. The van der Waals surface area contributed by atoms with Crippen molar-refractivity contribution >= 4 is 34.7 Å². The molecule has 0 aliphatic heterocycles. The third-order valence-electron chi connectivity index (χ3n) is 4.63. The van der Waals surface area contributed by atoms with Crippen LogP contribution in [-0.4, -0.2) is 46.1 Å². The van der Waals surface area contributed by atoms with Crippen LogP contribution in [0.3, 0.4) is 0 Å². The van der Waals surface area contributed by atoms with E-state index in [9.17, 15) is 19.2 Å². The van der Waals surface area contributed by atoms with Gasteiger partial charge in [0.15, 0.2) is 12.4 Å². The van der Waals surface area contributed by atoms with E-state index in [1.54, 1.807) is 35.0 Å². The molecule has 9 heteroatoms. The third-order valence-corrected chi connectivity index (χ3v) is 4.63. The van der Waals surface area contributed by atoms with Crippen LogP contribution in [0.5, 0.6) is 0 Å². The highest BCUT2D eigenvalue weighted by molar-refractivity contribution is 5.92. The number of hydrogen-bond acceptors (Lipinski definition) is 6. The molecule has 0 saturated carbocycles. The molecule has 1 unspecified atom stereocenters. The van der Waals surface area contributed by atoms with Gasteiger partial charge in [0.2, 0.25) is 0 Å². The number of nitrogens with zero attached hydrogens (tertiary/aromatic N) is 1. The van der Waals surface area contributed by atoms with Crippen LogP contribution >= 0.6 is 0 Å². The number of hydrogen-bond donors (Lipinski definition) is 2. The molecule has 0 spiro atoms. The molecule has 0 radical (unpaired) electrons. The Morgan fingerprint density at radius 3 is 2.41 bits per heavy atom. The Morgan fingerprint density at radius 2 is 1.66 bits per heavy atom. The minimum atomic E-state index is -1.39.